The van der Waals surface area contributed by atoms with Crippen LogP contribution in [0.4, 0.5) is 5.69 Å². The van der Waals surface area contributed by atoms with E-state index in [1.807, 2.05) is 20.8 Å². The molecular weight excluding hydrogens is 232 g/mol. The normalized spacial score (nSPS) is 13.1. The van der Waals surface area contributed by atoms with E-state index in [1.165, 1.54) is 12.1 Å². The monoisotopic (exact) mass is 250 g/mol. The van der Waals surface area contributed by atoms with Crippen LogP contribution in [0.1, 0.15) is 26.3 Å². The Hall–Kier alpha value is -1.75. The maximum atomic E-state index is 11.9. The molecule has 0 radical (unpaired) electrons. The number of nitrogens with zero attached hydrogens (tertiary/aromatic N) is 1. The van der Waals surface area contributed by atoms with E-state index in [1.54, 1.807) is 12.1 Å². The third-order valence-electron chi connectivity index (χ3n) is 2.68. The summed E-state index contributed by atoms with van der Waals surface area (Å²) >= 11 is 0. The molecule has 0 aliphatic rings. The molecule has 98 valence electrons. The molecule has 0 saturated heterocycles. The van der Waals surface area contributed by atoms with Gasteiger partial charge >= 0.3 is 0 Å². The van der Waals surface area contributed by atoms with Gasteiger partial charge in [0, 0.05) is 17.5 Å². The molecular formula is C13H18N2O3. The van der Waals surface area contributed by atoms with E-state index in [9.17, 15) is 14.9 Å². The third kappa shape index (κ3) is 3.63. The van der Waals surface area contributed by atoms with Crippen molar-refractivity contribution in [2.24, 2.45) is 11.1 Å². The molecule has 1 atom stereocenters. The van der Waals surface area contributed by atoms with Crippen molar-refractivity contribution in [3.05, 3.63) is 39.9 Å². The van der Waals surface area contributed by atoms with Crippen LogP contribution in [0.25, 0.3) is 0 Å². The van der Waals surface area contributed by atoms with Crippen LogP contribution >= 0.6 is 0 Å². The quantitative estimate of drug-likeness (QED) is 0.654. The number of carbonyl (C=O) groups is 1. The number of rotatable bonds is 4. The number of nitro benzene ring substituents is 1. The fourth-order valence-electron chi connectivity index (χ4n) is 1.66. The van der Waals surface area contributed by atoms with Crippen molar-refractivity contribution in [2.75, 3.05) is 0 Å². The molecule has 5 heteroatoms. The lowest BCUT2D eigenvalue weighted by Crippen LogP contribution is -2.40. The first-order chi connectivity index (χ1) is 8.21. The first-order valence-corrected chi connectivity index (χ1v) is 5.75. The van der Waals surface area contributed by atoms with Crippen LogP contribution < -0.4 is 5.73 Å². The largest absolute Gasteiger partial charge is 0.321 e. The topological polar surface area (TPSA) is 86.2 Å². The summed E-state index contributed by atoms with van der Waals surface area (Å²) in [6.45, 7) is 5.47. The molecule has 1 aromatic carbocycles. The van der Waals surface area contributed by atoms with Crippen molar-refractivity contribution in [3.63, 3.8) is 0 Å². The number of non-ortho nitro benzene ring substituents is 1. The van der Waals surface area contributed by atoms with Crippen LogP contribution in [-0.4, -0.2) is 16.7 Å². The van der Waals surface area contributed by atoms with E-state index in [0.29, 0.717) is 6.42 Å². The Labute approximate surface area is 106 Å². The SMILES string of the molecule is CC(C)(C)C(=O)[C@H](N)Cc1ccc([N+](=O)[O-])cc1. The molecule has 18 heavy (non-hydrogen) atoms. The molecule has 0 aromatic heterocycles. The van der Waals surface area contributed by atoms with E-state index in [4.69, 9.17) is 5.73 Å². The third-order valence-corrected chi connectivity index (χ3v) is 2.68. The lowest BCUT2D eigenvalue weighted by atomic mass is 9.85. The summed E-state index contributed by atoms with van der Waals surface area (Å²) in [5, 5.41) is 10.5. The summed E-state index contributed by atoms with van der Waals surface area (Å²) in [4.78, 5) is 22.0. The average molecular weight is 250 g/mol. The van der Waals surface area contributed by atoms with Gasteiger partial charge in [0.1, 0.15) is 0 Å². The minimum atomic E-state index is -0.577. The smallest absolute Gasteiger partial charge is 0.269 e. The highest BCUT2D eigenvalue weighted by molar-refractivity contribution is 5.88. The summed E-state index contributed by atoms with van der Waals surface area (Å²) < 4.78 is 0. The van der Waals surface area contributed by atoms with Gasteiger partial charge in [0.25, 0.3) is 5.69 Å². The first-order valence-electron chi connectivity index (χ1n) is 5.75. The van der Waals surface area contributed by atoms with Gasteiger partial charge in [0.15, 0.2) is 5.78 Å². The summed E-state index contributed by atoms with van der Waals surface area (Å²) in [6.07, 6.45) is 0.397. The van der Waals surface area contributed by atoms with Crippen LogP contribution in [0.5, 0.6) is 0 Å². The van der Waals surface area contributed by atoms with E-state index in [2.05, 4.69) is 0 Å². The number of benzene rings is 1. The Kier molecular flexibility index (Phi) is 4.19. The Balaban J connectivity index is 2.74. The second kappa shape index (κ2) is 5.27. The lowest BCUT2D eigenvalue weighted by Gasteiger charge is -2.21. The Morgan fingerprint density at radius 3 is 2.22 bits per heavy atom. The maximum Gasteiger partial charge on any atom is 0.269 e. The molecule has 0 unspecified atom stereocenters. The minimum absolute atomic E-state index is 0.0131. The van der Waals surface area contributed by atoms with Gasteiger partial charge in [0.05, 0.1) is 11.0 Å². The predicted molar refractivity (Wildman–Crippen MR) is 69.2 cm³/mol. The fourth-order valence-corrected chi connectivity index (χ4v) is 1.66. The number of hydrogen-bond donors (Lipinski definition) is 1. The van der Waals surface area contributed by atoms with Crippen LogP contribution in [0.2, 0.25) is 0 Å². The van der Waals surface area contributed by atoms with Gasteiger partial charge in [-0.15, -0.1) is 0 Å². The van der Waals surface area contributed by atoms with Crippen LogP contribution in [0, 0.1) is 15.5 Å². The Morgan fingerprint density at radius 2 is 1.83 bits per heavy atom. The van der Waals surface area contributed by atoms with Crippen LogP contribution in [0.15, 0.2) is 24.3 Å². The zero-order valence-corrected chi connectivity index (χ0v) is 10.8. The summed E-state index contributed by atoms with van der Waals surface area (Å²) in [5.41, 5.74) is 6.24. The van der Waals surface area contributed by atoms with Crippen molar-refractivity contribution in [2.45, 2.75) is 33.2 Å². The highest BCUT2D eigenvalue weighted by Crippen LogP contribution is 2.19. The summed E-state index contributed by atoms with van der Waals surface area (Å²) in [5.74, 6) is -0.0131. The van der Waals surface area contributed by atoms with E-state index in [-0.39, 0.29) is 11.5 Å². The predicted octanol–water partition coefficient (Wildman–Crippen LogP) is 2.08. The molecule has 0 bridgehead atoms. The second-order valence-electron chi connectivity index (χ2n) is 5.35. The van der Waals surface area contributed by atoms with Crippen molar-refractivity contribution in [1.29, 1.82) is 0 Å². The van der Waals surface area contributed by atoms with E-state index in [0.717, 1.165) is 5.56 Å². The van der Waals surface area contributed by atoms with Gasteiger partial charge in [-0.1, -0.05) is 32.9 Å². The van der Waals surface area contributed by atoms with Gasteiger partial charge in [-0.25, -0.2) is 0 Å². The fraction of sp³-hybridized carbons (Fsp3) is 0.462. The number of ketones is 1. The van der Waals surface area contributed by atoms with Crippen molar-refractivity contribution in [1.82, 2.24) is 0 Å². The highest BCUT2D eigenvalue weighted by atomic mass is 16.6. The molecule has 0 saturated carbocycles. The average Bonchev–Trinajstić information content (AvgIpc) is 2.27. The minimum Gasteiger partial charge on any atom is -0.321 e. The summed E-state index contributed by atoms with van der Waals surface area (Å²) in [6, 6.07) is 5.53. The number of nitrogens with two attached hydrogens (primary N) is 1. The van der Waals surface area contributed by atoms with Crippen LogP contribution in [0.3, 0.4) is 0 Å². The van der Waals surface area contributed by atoms with E-state index >= 15 is 0 Å². The zero-order valence-electron chi connectivity index (χ0n) is 10.8. The lowest BCUT2D eigenvalue weighted by molar-refractivity contribution is -0.384. The molecule has 1 aromatic rings. The highest BCUT2D eigenvalue weighted by Gasteiger charge is 2.27. The zero-order chi connectivity index (χ0) is 13.9. The standard InChI is InChI=1S/C13H18N2O3/c1-13(2,3)12(16)11(14)8-9-4-6-10(7-5-9)15(17)18/h4-7,11H,8,14H2,1-3H3/t11-/m1/s1. The van der Waals surface area contributed by atoms with Gasteiger partial charge in [-0.2, -0.15) is 0 Å². The molecule has 1 rings (SSSR count). The van der Waals surface area contributed by atoms with Crippen molar-refractivity contribution in [3.8, 4) is 0 Å². The van der Waals surface area contributed by atoms with Crippen LogP contribution in [-0.2, 0) is 11.2 Å². The number of nitro groups is 1. The number of Topliss-reactive ketones (excluding diaryl/α,β-unsaturated/α-hetero) is 1. The van der Waals surface area contributed by atoms with Crippen molar-refractivity contribution < 1.29 is 9.72 Å². The Morgan fingerprint density at radius 1 is 1.33 bits per heavy atom. The molecule has 0 fully saturated rings. The molecule has 0 spiro atoms. The molecule has 5 nitrogen and oxygen atoms in total. The van der Waals surface area contributed by atoms with Crippen molar-refractivity contribution >= 4 is 11.5 Å². The first kappa shape index (κ1) is 14.3. The molecule has 0 heterocycles. The maximum absolute atomic E-state index is 11.9. The Bertz CT molecular complexity index is 446. The van der Waals surface area contributed by atoms with Gasteiger partial charge < -0.3 is 5.73 Å². The molecule has 0 amide bonds. The molecule has 2 N–H and O–H groups in total. The summed E-state index contributed by atoms with van der Waals surface area (Å²) in [7, 11) is 0. The van der Waals surface area contributed by atoms with Gasteiger partial charge in [-0.05, 0) is 12.0 Å². The number of carbonyl (C=O) groups excluding carboxylic acids is 1. The molecule has 0 aliphatic heterocycles. The number of hydrogen-bond acceptors (Lipinski definition) is 4. The van der Waals surface area contributed by atoms with Gasteiger partial charge in [0.2, 0.25) is 0 Å². The second-order valence-corrected chi connectivity index (χ2v) is 5.35. The molecule has 0 aliphatic carbocycles. The van der Waals surface area contributed by atoms with Gasteiger partial charge in [-0.3, -0.25) is 14.9 Å². The van der Waals surface area contributed by atoms with E-state index < -0.39 is 16.4 Å².